The molecule has 2 heterocycles. The molecular weight excluding hydrogens is 172 g/mol. The molecule has 2 rings (SSSR count). The molecule has 6 nitrogen and oxygen atoms in total. The maximum absolute atomic E-state index is 10.6. The van der Waals surface area contributed by atoms with Gasteiger partial charge >= 0.3 is 5.97 Å². The number of carbonyl (C=O) groups is 1. The van der Waals surface area contributed by atoms with Crippen molar-refractivity contribution in [1.29, 1.82) is 0 Å². The summed E-state index contributed by atoms with van der Waals surface area (Å²) in [6, 6.07) is 1.43. The van der Waals surface area contributed by atoms with E-state index in [1.807, 2.05) is 0 Å². The second-order valence-corrected chi connectivity index (χ2v) is 2.57. The van der Waals surface area contributed by atoms with Crippen LogP contribution in [0.15, 0.2) is 12.3 Å². The minimum Gasteiger partial charge on any atom is -0.478 e. The van der Waals surface area contributed by atoms with Crippen LogP contribution in [-0.2, 0) is 0 Å². The fraction of sp³-hybridized carbons (Fsp3) is 0.143. The maximum Gasteiger partial charge on any atom is 0.337 e. The fourth-order valence-corrected chi connectivity index (χ4v) is 1.02. The lowest BCUT2D eigenvalue weighted by Gasteiger charge is -1.94. The van der Waals surface area contributed by atoms with E-state index in [4.69, 9.17) is 5.11 Å². The van der Waals surface area contributed by atoms with Gasteiger partial charge < -0.3 is 5.11 Å². The van der Waals surface area contributed by atoms with Gasteiger partial charge in [0.05, 0.1) is 11.8 Å². The van der Waals surface area contributed by atoms with Crippen LogP contribution in [0.25, 0.3) is 5.65 Å². The van der Waals surface area contributed by atoms with Gasteiger partial charge in [-0.3, -0.25) is 0 Å². The highest BCUT2D eigenvalue weighted by atomic mass is 16.4. The zero-order valence-corrected chi connectivity index (χ0v) is 6.80. The highest BCUT2D eigenvalue weighted by molar-refractivity contribution is 5.88. The topological polar surface area (TPSA) is 80.4 Å². The Morgan fingerprint density at radius 3 is 3.00 bits per heavy atom. The molecule has 0 saturated heterocycles. The Morgan fingerprint density at radius 2 is 2.31 bits per heavy atom. The summed E-state index contributed by atoms with van der Waals surface area (Å²) in [5, 5.41) is 20.0. The van der Waals surface area contributed by atoms with Gasteiger partial charge in [-0.15, -0.1) is 10.2 Å². The Hall–Kier alpha value is -1.98. The molecule has 0 saturated carbocycles. The summed E-state index contributed by atoms with van der Waals surface area (Å²) in [6.45, 7) is 1.74. The Morgan fingerprint density at radius 1 is 1.54 bits per heavy atom. The van der Waals surface area contributed by atoms with Gasteiger partial charge in [-0.05, 0) is 6.92 Å². The Kier molecular flexibility index (Phi) is 1.48. The first-order valence-corrected chi connectivity index (χ1v) is 3.60. The molecule has 13 heavy (non-hydrogen) atoms. The molecule has 0 aliphatic carbocycles. The number of aromatic carboxylic acids is 1. The molecule has 0 radical (unpaired) electrons. The Bertz CT molecular complexity index is 476. The highest BCUT2D eigenvalue weighted by Crippen LogP contribution is 2.03. The molecule has 0 unspecified atom stereocenters. The van der Waals surface area contributed by atoms with E-state index in [-0.39, 0.29) is 5.56 Å². The van der Waals surface area contributed by atoms with Gasteiger partial charge in [-0.25, -0.2) is 4.79 Å². The fourth-order valence-electron chi connectivity index (χ4n) is 1.02. The maximum atomic E-state index is 10.6. The minimum atomic E-state index is -1.02. The molecule has 1 N–H and O–H groups in total. The number of nitrogens with zero attached hydrogens (tertiary/aromatic N) is 4. The van der Waals surface area contributed by atoms with Gasteiger partial charge in [0.25, 0.3) is 0 Å². The summed E-state index contributed by atoms with van der Waals surface area (Å²) in [5.74, 6) is -0.386. The number of aromatic nitrogens is 4. The number of carboxylic acids is 1. The van der Waals surface area contributed by atoms with Crippen molar-refractivity contribution in [2.75, 3.05) is 0 Å². The Balaban J connectivity index is 2.70. The summed E-state index contributed by atoms with van der Waals surface area (Å²) >= 11 is 0. The van der Waals surface area contributed by atoms with E-state index in [0.29, 0.717) is 11.5 Å². The molecular formula is C7H6N4O2. The predicted octanol–water partition coefficient (Wildman–Crippen LogP) is 0.131. The molecule has 0 bridgehead atoms. The molecule has 2 aromatic heterocycles. The number of rotatable bonds is 1. The van der Waals surface area contributed by atoms with Crippen LogP contribution in [0, 0.1) is 6.92 Å². The molecule has 6 heteroatoms. The van der Waals surface area contributed by atoms with Crippen LogP contribution in [0.1, 0.15) is 16.2 Å². The molecule has 66 valence electrons. The van der Waals surface area contributed by atoms with Crippen LogP contribution in [0.2, 0.25) is 0 Å². The molecule has 0 amide bonds. The van der Waals surface area contributed by atoms with Crippen LogP contribution in [0.5, 0.6) is 0 Å². The summed E-state index contributed by atoms with van der Waals surface area (Å²) in [6.07, 6.45) is 1.27. The van der Waals surface area contributed by atoms with E-state index >= 15 is 0 Å². The van der Waals surface area contributed by atoms with Crippen molar-refractivity contribution in [1.82, 2.24) is 19.8 Å². The smallest absolute Gasteiger partial charge is 0.337 e. The van der Waals surface area contributed by atoms with Crippen LogP contribution >= 0.6 is 0 Å². The lowest BCUT2D eigenvalue weighted by atomic mass is 10.3. The first kappa shape index (κ1) is 7.66. The third kappa shape index (κ3) is 1.12. The minimum absolute atomic E-state index is 0.111. The van der Waals surface area contributed by atoms with E-state index in [2.05, 4.69) is 15.3 Å². The van der Waals surface area contributed by atoms with E-state index in [0.717, 1.165) is 0 Å². The molecule has 0 aromatic carbocycles. The summed E-state index contributed by atoms with van der Waals surface area (Å²) < 4.78 is 1.48. The first-order chi connectivity index (χ1) is 6.18. The molecule has 0 aliphatic heterocycles. The number of aryl methyl sites for hydroxylation is 1. The van der Waals surface area contributed by atoms with Gasteiger partial charge in [-0.1, -0.05) is 0 Å². The molecule has 0 spiro atoms. The van der Waals surface area contributed by atoms with E-state index < -0.39 is 5.97 Å². The molecule has 0 atom stereocenters. The van der Waals surface area contributed by atoms with Gasteiger partial charge in [0.1, 0.15) is 0 Å². The van der Waals surface area contributed by atoms with E-state index in [1.54, 1.807) is 6.92 Å². The van der Waals surface area contributed by atoms with Gasteiger partial charge in [0.2, 0.25) is 0 Å². The highest BCUT2D eigenvalue weighted by Gasteiger charge is 2.07. The van der Waals surface area contributed by atoms with Crippen molar-refractivity contribution in [2.45, 2.75) is 6.92 Å². The average molecular weight is 178 g/mol. The lowest BCUT2D eigenvalue weighted by Crippen LogP contribution is -2.01. The van der Waals surface area contributed by atoms with Gasteiger partial charge in [0.15, 0.2) is 11.5 Å². The Labute approximate surface area is 72.8 Å². The second-order valence-electron chi connectivity index (χ2n) is 2.57. The van der Waals surface area contributed by atoms with Gasteiger partial charge in [-0.2, -0.15) is 9.61 Å². The van der Waals surface area contributed by atoms with Crippen molar-refractivity contribution in [3.05, 3.63) is 23.7 Å². The standard InChI is InChI=1S/C7H6N4O2/c1-4-9-10-6-2-5(7(12)13)3-8-11(4)6/h2-3H,1H3,(H,12,13). The third-order valence-corrected chi connectivity index (χ3v) is 1.66. The van der Waals surface area contributed by atoms with Crippen LogP contribution < -0.4 is 0 Å². The predicted molar refractivity (Wildman–Crippen MR) is 42.5 cm³/mol. The molecule has 2 aromatic rings. The molecule has 0 aliphatic rings. The zero-order valence-electron chi connectivity index (χ0n) is 6.80. The monoisotopic (exact) mass is 178 g/mol. The third-order valence-electron chi connectivity index (χ3n) is 1.66. The average Bonchev–Trinajstić information content (AvgIpc) is 2.47. The lowest BCUT2D eigenvalue weighted by molar-refractivity contribution is 0.0696. The quantitative estimate of drug-likeness (QED) is 0.671. The van der Waals surface area contributed by atoms with Crippen molar-refractivity contribution >= 4 is 11.6 Å². The van der Waals surface area contributed by atoms with E-state index in [9.17, 15) is 4.79 Å². The van der Waals surface area contributed by atoms with E-state index in [1.165, 1.54) is 16.8 Å². The van der Waals surface area contributed by atoms with Crippen LogP contribution in [0.3, 0.4) is 0 Å². The van der Waals surface area contributed by atoms with Gasteiger partial charge in [0, 0.05) is 6.07 Å². The van der Waals surface area contributed by atoms with Crippen LogP contribution in [0.4, 0.5) is 0 Å². The number of carboxylic acid groups (broad SMARTS) is 1. The first-order valence-electron chi connectivity index (χ1n) is 3.60. The molecule has 0 fully saturated rings. The van der Waals surface area contributed by atoms with Crippen molar-refractivity contribution in [3.8, 4) is 0 Å². The SMILES string of the molecule is Cc1nnc2cc(C(=O)O)cnn12. The largest absolute Gasteiger partial charge is 0.478 e. The van der Waals surface area contributed by atoms with Crippen LogP contribution in [-0.4, -0.2) is 30.9 Å². The van der Waals surface area contributed by atoms with Crippen molar-refractivity contribution in [2.24, 2.45) is 0 Å². The second kappa shape index (κ2) is 2.51. The zero-order chi connectivity index (χ0) is 9.42. The summed E-state index contributed by atoms with van der Waals surface area (Å²) in [4.78, 5) is 10.6. The normalized spacial score (nSPS) is 10.5. The summed E-state index contributed by atoms with van der Waals surface area (Å²) in [5.41, 5.74) is 0.553. The van der Waals surface area contributed by atoms with Crippen molar-refractivity contribution in [3.63, 3.8) is 0 Å². The summed E-state index contributed by atoms with van der Waals surface area (Å²) in [7, 11) is 0. The number of hydrogen-bond donors (Lipinski definition) is 1. The van der Waals surface area contributed by atoms with Crippen molar-refractivity contribution < 1.29 is 9.90 Å². The number of fused-ring (bicyclic) bond motifs is 1. The number of hydrogen-bond acceptors (Lipinski definition) is 4.